The Kier molecular flexibility index (Phi) is 5.27. The Balaban J connectivity index is 1.66. The summed E-state index contributed by atoms with van der Waals surface area (Å²) in [7, 11) is 0. The molecular formula is C21H19FN2O2. The molecule has 5 heteroatoms. The standard InChI is InChI=1S/C21H19FN2O2/c1-14-3-4-15(2)19(11-14)21(25)24-13-16-9-10-23-20(12-16)26-18-7-5-17(22)6-8-18/h3-12H,13H2,1-2H3,(H,24,25). The van der Waals surface area contributed by atoms with Gasteiger partial charge in [0.25, 0.3) is 5.91 Å². The van der Waals surface area contributed by atoms with Crippen LogP contribution in [-0.4, -0.2) is 10.9 Å². The summed E-state index contributed by atoms with van der Waals surface area (Å²) in [5, 5.41) is 2.91. The van der Waals surface area contributed by atoms with Crippen LogP contribution in [0.15, 0.2) is 60.8 Å². The van der Waals surface area contributed by atoms with Gasteiger partial charge in [-0.1, -0.05) is 17.7 Å². The number of nitrogens with one attached hydrogen (secondary N) is 1. The Bertz CT molecular complexity index is 924. The molecule has 0 radical (unpaired) electrons. The minimum Gasteiger partial charge on any atom is -0.439 e. The van der Waals surface area contributed by atoms with E-state index >= 15 is 0 Å². The Hall–Kier alpha value is -3.21. The number of aromatic nitrogens is 1. The van der Waals surface area contributed by atoms with E-state index in [0.717, 1.165) is 16.7 Å². The predicted molar refractivity (Wildman–Crippen MR) is 97.8 cm³/mol. The summed E-state index contributed by atoms with van der Waals surface area (Å²) in [5.74, 6) is 0.433. The van der Waals surface area contributed by atoms with Gasteiger partial charge in [-0.2, -0.15) is 0 Å². The van der Waals surface area contributed by atoms with Crippen molar-refractivity contribution in [3.05, 3.63) is 88.9 Å². The molecule has 0 bridgehead atoms. The van der Waals surface area contributed by atoms with Crippen molar-refractivity contribution in [2.24, 2.45) is 0 Å². The van der Waals surface area contributed by atoms with Gasteiger partial charge in [0.2, 0.25) is 5.88 Å². The number of aryl methyl sites for hydroxylation is 2. The van der Waals surface area contributed by atoms with Crippen LogP contribution in [0.25, 0.3) is 0 Å². The summed E-state index contributed by atoms with van der Waals surface area (Å²) < 4.78 is 18.6. The van der Waals surface area contributed by atoms with E-state index in [2.05, 4.69) is 10.3 Å². The van der Waals surface area contributed by atoms with E-state index in [1.54, 1.807) is 18.3 Å². The Labute approximate surface area is 151 Å². The van der Waals surface area contributed by atoms with Crippen LogP contribution in [0.3, 0.4) is 0 Å². The number of nitrogens with zero attached hydrogens (tertiary/aromatic N) is 1. The molecule has 0 unspecified atom stereocenters. The number of hydrogen-bond donors (Lipinski definition) is 1. The first kappa shape index (κ1) is 17.6. The number of carbonyl (C=O) groups is 1. The third-order valence-electron chi connectivity index (χ3n) is 3.93. The van der Waals surface area contributed by atoms with Crippen LogP contribution >= 0.6 is 0 Å². The third kappa shape index (κ3) is 4.45. The fourth-order valence-electron chi connectivity index (χ4n) is 2.50. The minimum atomic E-state index is -0.326. The second-order valence-corrected chi connectivity index (χ2v) is 6.06. The van der Waals surface area contributed by atoms with Crippen LogP contribution in [-0.2, 0) is 6.54 Å². The van der Waals surface area contributed by atoms with Crippen molar-refractivity contribution in [2.45, 2.75) is 20.4 Å². The van der Waals surface area contributed by atoms with Crippen molar-refractivity contribution in [3.8, 4) is 11.6 Å². The van der Waals surface area contributed by atoms with Crippen LogP contribution in [0, 0.1) is 19.7 Å². The quantitative estimate of drug-likeness (QED) is 0.734. The summed E-state index contributed by atoms with van der Waals surface area (Å²) in [6.45, 7) is 4.22. The maximum atomic E-state index is 12.9. The molecule has 0 aliphatic rings. The lowest BCUT2D eigenvalue weighted by molar-refractivity contribution is 0.0950. The maximum Gasteiger partial charge on any atom is 0.251 e. The lowest BCUT2D eigenvalue weighted by Gasteiger charge is -2.10. The lowest BCUT2D eigenvalue weighted by Crippen LogP contribution is -2.23. The Morgan fingerprint density at radius 2 is 1.85 bits per heavy atom. The van der Waals surface area contributed by atoms with Gasteiger partial charge in [0.1, 0.15) is 11.6 Å². The molecule has 0 fully saturated rings. The van der Waals surface area contributed by atoms with Gasteiger partial charge >= 0.3 is 0 Å². The molecule has 0 atom stereocenters. The summed E-state index contributed by atoms with van der Waals surface area (Å²) in [5.41, 5.74) is 3.50. The maximum absolute atomic E-state index is 12.9. The van der Waals surface area contributed by atoms with Crippen molar-refractivity contribution < 1.29 is 13.9 Å². The summed E-state index contributed by atoms with van der Waals surface area (Å²) in [6, 6.07) is 15.1. The number of ether oxygens (including phenoxy) is 1. The summed E-state index contributed by atoms with van der Waals surface area (Å²) in [6.07, 6.45) is 1.61. The molecular weight excluding hydrogens is 331 g/mol. The Morgan fingerprint density at radius 3 is 2.62 bits per heavy atom. The van der Waals surface area contributed by atoms with Crippen LogP contribution in [0.2, 0.25) is 0 Å². The van der Waals surface area contributed by atoms with Crippen molar-refractivity contribution in [1.29, 1.82) is 0 Å². The predicted octanol–water partition coefficient (Wildman–Crippen LogP) is 4.56. The van der Waals surface area contributed by atoms with Gasteiger partial charge in [0, 0.05) is 24.4 Å². The molecule has 3 rings (SSSR count). The highest BCUT2D eigenvalue weighted by Gasteiger charge is 2.09. The van der Waals surface area contributed by atoms with Gasteiger partial charge in [0.05, 0.1) is 0 Å². The van der Waals surface area contributed by atoms with Gasteiger partial charge in [-0.3, -0.25) is 4.79 Å². The van der Waals surface area contributed by atoms with Gasteiger partial charge < -0.3 is 10.1 Å². The monoisotopic (exact) mass is 350 g/mol. The zero-order valence-electron chi connectivity index (χ0n) is 14.6. The molecule has 2 aromatic carbocycles. The van der Waals surface area contributed by atoms with Gasteiger partial charge in [-0.05, 0) is 61.4 Å². The van der Waals surface area contributed by atoms with Gasteiger partial charge in [-0.15, -0.1) is 0 Å². The van der Waals surface area contributed by atoms with Gasteiger partial charge in [0.15, 0.2) is 0 Å². The van der Waals surface area contributed by atoms with Crippen molar-refractivity contribution in [1.82, 2.24) is 10.3 Å². The minimum absolute atomic E-state index is 0.121. The lowest BCUT2D eigenvalue weighted by atomic mass is 10.1. The summed E-state index contributed by atoms with van der Waals surface area (Å²) in [4.78, 5) is 16.5. The van der Waals surface area contributed by atoms with Crippen LogP contribution in [0.5, 0.6) is 11.6 Å². The van der Waals surface area contributed by atoms with Crippen molar-refractivity contribution in [3.63, 3.8) is 0 Å². The first-order valence-corrected chi connectivity index (χ1v) is 8.25. The topological polar surface area (TPSA) is 51.2 Å². The number of rotatable bonds is 5. The number of halogens is 1. The average molecular weight is 350 g/mol. The first-order chi connectivity index (χ1) is 12.5. The molecule has 0 aliphatic heterocycles. The fourth-order valence-corrected chi connectivity index (χ4v) is 2.50. The molecule has 1 N–H and O–H groups in total. The third-order valence-corrected chi connectivity index (χ3v) is 3.93. The zero-order chi connectivity index (χ0) is 18.5. The molecule has 1 amide bonds. The fraction of sp³-hybridized carbons (Fsp3) is 0.143. The van der Waals surface area contributed by atoms with Crippen LogP contribution < -0.4 is 10.1 Å². The molecule has 1 heterocycles. The molecule has 0 saturated carbocycles. The van der Waals surface area contributed by atoms with E-state index in [4.69, 9.17) is 4.74 Å². The van der Waals surface area contributed by atoms with E-state index in [-0.39, 0.29) is 11.7 Å². The van der Waals surface area contributed by atoms with Crippen molar-refractivity contribution >= 4 is 5.91 Å². The first-order valence-electron chi connectivity index (χ1n) is 8.25. The highest BCUT2D eigenvalue weighted by Crippen LogP contribution is 2.20. The molecule has 0 saturated heterocycles. The number of hydrogen-bond acceptors (Lipinski definition) is 3. The molecule has 0 aliphatic carbocycles. The van der Waals surface area contributed by atoms with Crippen molar-refractivity contribution in [2.75, 3.05) is 0 Å². The molecule has 3 aromatic rings. The smallest absolute Gasteiger partial charge is 0.251 e. The van der Waals surface area contributed by atoms with Crippen LogP contribution in [0.4, 0.5) is 4.39 Å². The zero-order valence-corrected chi connectivity index (χ0v) is 14.6. The highest BCUT2D eigenvalue weighted by molar-refractivity contribution is 5.95. The second-order valence-electron chi connectivity index (χ2n) is 6.06. The van der Waals surface area contributed by atoms with E-state index in [9.17, 15) is 9.18 Å². The molecule has 1 aromatic heterocycles. The van der Waals surface area contributed by atoms with Crippen LogP contribution in [0.1, 0.15) is 27.0 Å². The number of pyridine rings is 1. The normalized spacial score (nSPS) is 10.4. The largest absolute Gasteiger partial charge is 0.439 e. The number of amides is 1. The average Bonchev–Trinajstić information content (AvgIpc) is 2.64. The molecule has 132 valence electrons. The molecule has 0 spiro atoms. The second kappa shape index (κ2) is 7.78. The highest BCUT2D eigenvalue weighted by atomic mass is 19.1. The molecule has 4 nitrogen and oxygen atoms in total. The summed E-state index contributed by atoms with van der Waals surface area (Å²) >= 11 is 0. The van der Waals surface area contributed by atoms with Gasteiger partial charge in [-0.25, -0.2) is 9.37 Å². The number of benzene rings is 2. The van der Waals surface area contributed by atoms with E-state index in [0.29, 0.717) is 23.7 Å². The van der Waals surface area contributed by atoms with E-state index < -0.39 is 0 Å². The van der Waals surface area contributed by atoms with E-state index in [1.807, 2.05) is 32.0 Å². The van der Waals surface area contributed by atoms with E-state index in [1.165, 1.54) is 24.3 Å². The molecule has 26 heavy (non-hydrogen) atoms. The SMILES string of the molecule is Cc1ccc(C)c(C(=O)NCc2ccnc(Oc3ccc(F)cc3)c2)c1. The Morgan fingerprint density at radius 1 is 1.08 bits per heavy atom. The number of carbonyl (C=O) groups excluding carboxylic acids is 1.